The molecule has 3 rings (SSSR count). The molecular weight excluding hydrogens is 486 g/mol. The number of nitrogens with zero attached hydrogens (tertiary/aromatic N) is 2. The molecule has 0 spiro atoms. The summed E-state index contributed by atoms with van der Waals surface area (Å²) in [7, 11) is -1.46. The largest absolute Gasteiger partial charge is 0.466 e. The molecular formula is C25H27N3O7S. The number of allylic oxidation sites excluding steroid dienone is 3. The van der Waals surface area contributed by atoms with E-state index in [1.165, 1.54) is 32.4 Å². The number of nitro groups is 1. The van der Waals surface area contributed by atoms with Gasteiger partial charge in [0.05, 0.1) is 17.6 Å². The van der Waals surface area contributed by atoms with E-state index < -0.39 is 38.4 Å². The van der Waals surface area contributed by atoms with E-state index in [0.717, 1.165) is 9.87 Å². The van der Waals surface area contributed by atoms with Crippen LogP contribution in [-0.4, -0.2) is 49.3 Å². The van der Waals surface area contributed by atoms with Gasteiger partial charge >= 0.3 is 5.97 Å². The Morgan fingerprint density at radius 1 is 1.06 bits per heavy atom. The van der Waals surface area contributed by atoms with E-state index in [2.05, 4.69) is 5.32 Å². The molecule has 1 unspecified atom stereocenters. The van der Waals surface area contributed by atoms with Gasteiger partial charge in [-0.3, -0.25) is 14.9 Å². The zero-order valence-corrected chi connectivity index (χ0v) is 21.2. The number of ether oxygens (including phenoxy) is 1. The van der Waals surface area contributed by atoms with Crippen molar-refractivity contribution >= 4 is 27.5 Å². The third kappa shape index (κ3) is 5.69. The summed E-state index contributed by atoms with van der Waals surface area (Å²) >= 11 is 0. The standard InChI is InChI=1S/C25H27N3O7S/c1-16-22(21(29)15-36(33,34)27(3)14-18-9-6-5-7-10-18)24(23(17(2)26-16)25(30)35-4)19-11-8-12-20(13-19)28(31)32/h5-13,24,26H,14-15H2,1-4H3. The minimum Gasteiger partial charge on any atom is -0.466 e. The number of rotatable bonds is 9. The lowest BCUT2D eigenvalue weighted by atomic mass is 9.79. The minimum atomic E-state index is -4.03. The van der Waals surface area contributed by atoms with E-state index in [4.69, 9.17) is 4.74 Å². The van der Waals surface area contributed by atoms with Crippen LogP contribution < -0.4 is 5.32 Å². The quantitative estimate of drug-likeness (QED) is 0.307. The maximum Gasteiger partial charge on any atom is 0.336 e. The summed E-state index contributed by atoms with van der Waals surface area (Å²) in [6, 6.07) is 14.5. The number of carbonyl (C=O) groups excluding carboxylic acids is 2. The highest BCUT2D eigenvalue weighted by Gasteiger charge is 2.39. The highest BCUT2D eigenvalue weighted by atomic mass is 32.2. The van der Waals surface area contributed by atoms with Crippen molar-refractivity contribution in [1.82, 2.24) is 9.62 Å². The molecule has 0 aliphatic carbocycles. The van der Waals surface area contributed by atoms with Crippen LogP contribution in [0.2, 0.25) is 0 Å². The number of non-ortho nitro benzene ring substituents is 1. The van der Waals surface area contributed by atoms with E-state index in [1.807, 2.05) is 6.07 Å². The molecule has 1 N–H and O–H groups in total. The Kier molecular flexibility index (Phi) is 8.06. The molecule has 2 aromatic rings. The summed E-state index contributed by atoms with van der Waals surface area (Å²) in [6.07, 6.45) is 0. The van der Waals surface area contributed by atoms with E-state index >= 15 is 0 Å². The van der Waals surface area contributed by atoms with Gasteiger partial charge in [-0.2, -0.15) is 0 Å². The molecule has 0 saturated heterocycles. The van der Waals surface area contributed by atoms with Crippen molar-refractivity contribution in [2.45, 2.75) is 26.3 Å². The van der Waals surface area contributed by atoms with Crippen LogP contribution in [0.4, 0.5) is 5.69 Å². The van der Waals surface area contributed by atoms with Crippen LogP contribution >= 0.6 is 0 Å². The Morgan fingerprint density at radius 3 is 2.31 bits per heavy atom. The van der Waals surface area contributed by atoms with Crippen molar-refractivity contribution in [3.63, 3.8) is 0 Å². The topological polar surface area (TPSA) is 136 Å². The highest BCUT2D eigenvalue weighted by molar-refractivity contribution is 7.89. The highest BCUT2D eigenvalue weighted by Crippen LogP contribution is 2.40. The molecule has 0 radical (unpaired) electrons. The smallest absolute Gasteiger partial charge is 0.336 e. The average molecular weight is 514 g/mol. The molecule has 190 valence electrons. The van der Waals surface area contributed by atoms with Gasteiger partial charge in [0.1, 0.15) is 5.75 Å². The van der Waals surface area contributed by atoms with Crippen LogP contribution in [0.3, 0.4) is 0 Å². The summed E-state index contributed by atoms with van der Waals surface area (Å²) in [4.78, 5) is 37.1. The number of sulfonamides is 1. The fourth-order valence-corrected chi connectivity index (χ4v) is 5.24. The number of nitro benzene ring substituents is 1. The zero-order valence-electron chi connectivity index (χ0n) is 20.3. The van der Waals surface area contributed by atoms with Gasteiger partial charge in [-0.25, -0.2) is 17.5 Å². The Morgan fingerprint density at radius 2 is 1.69 bits per heavy atom. The van der Waals surface area contributed by atoms with Crippen molar-refractivity contribution in [2.24, 2.45) is 0 Å². The van der Waals surface area contributed by atoms with Gasteiger partial charge < -0.3 is 10.1 Å². The molecule has 0 amide bonds. The molecule has 11 heteroatoms. The van der Waals surface area contributed by atoms with Gasteiger partial charge in [0.15, 0.2) is 5.78 Å². The van der Waals surface area contributed by atoms with Crippen LogP contribution in [-0.2, 0) is 30.9 Å². The van der Waals surface area contributed by atoms with E-state index in [1.54, 1.807) is 44.2 Å². The first-order valence-electron chi connectivity index (χ1n) is 11.0. The predicted octanol–water partition coefficient (Wildman–Crippen LogP) is 3.03. The first kappa shape index (κ1) is 26.8. The first-order valence-corrected chi connectivity index (χ1v) is 12.6. The minimum absolute atomic E-state index is 0.0261. The van der Waals surface area contributed by atoms with Gasteiger partial charge in [0.2, 0.25) is 10.0 Å². The van der Waals surface area contributed by atoms with Crippen molar-refractivity contribution in [1.29, 1.82) is 0 Å². The molecule has 10 nitrogen and oxygen atoms in total. The molecule has 1 aliphatic heterocycles. The van der Waals surface area contributed by atoms with E-state index in [0.29, 0.717) is 17.0 Å². The summed E-state index contributed by atoms with van der Waals surface area (Å²) in [5, 5.41) is 14.4. The SMILES string of the molecule is COC(=O)C1=C(C)NC(C)=C(C(=O)CS(=O)(=O)N(C)Cc2ccccc2)C1c1cccc([N+](=O)[O-])c1. The summed E-state index contributed by atoms with van der Waals surface area (Å²) in [5.41, 5.74) is 1.67. The molecule has 0 bridgehead atoms. The molecule has 0 aromatic heterocycles. The first-order chi connectivity index (χ1) is 17.0. The lowest BCUT2D eigenvalue weighted by Crippen LogP contribution is -2.36. The Hall–Kier alpha value is -3.83. The number of Topliss-reactive ketones (excluding diaryl/α,β-unsaturated/α-hetero) is 1. The lowest BCUT2D eigenvalue weighted by Gasteiger charge is -2.31. The van der Waals surface area contributed by atoms with Gasteiger partial charge in [0.25, 0.3) is 5.69 Å². The second kappa shape index (κ2) is 10.8. The maximum atomic E-state index is 13.5. The van der Waals surface area contributed by atoms with Crippen molar-refractivity contribution < 1.29 is 27.7 Å². The fourth-order valence-electron chi connectivity index (χ4n) is 4.19. The average Bonchev–Trinajstić information content (AvgIpc) is 2.83. The molecule has 2 aromatic carbocycles. The number of esters is 1. The van der Waals surface area contributed by atoms with Crippen molar-refractivity contribution in [2.75, 3.05) is 19.9 Å². The van der Waals surface area contributed by atoms with Gasteiger partial charge in [-0.15, -0.1) is 0 Å². The number of nitrogens with one attached hydrogen (secondary N) is 1. The summed E-state index contributed by atoms with van der Waals surface area (Å²) < 4.78 is 32.2. The third-order valence-electron chi connectivity index (χ3n) is 5.92. The van der Waals surface area contributed by atoms with Gasteiger partial charge in [0, 0.05) is 48.6 Å². The number of ketones is 1. The molecule has 1 heterocycles. The Balaban J connectivity index is 2.03. The number of carbonyl (C=O) groups is 2. The molecule has 0 fully saturated rings. The van der Waals surface area contributed by atoms with Crippen LogP contribution in [0.15, 0.2) is 77.1 Å². The second-order valence-electron chi connectivity index (χ2n) is 8.40. The number of hydrogen-bond donors (Lipinski definition) is 1. The fraction of sp³-hybridized carbons (Fsp3) is 0.280. The Labute approximate surface area is 209 Å². The monoisotopic (exact) mass is 513 g/mol. The Bertz CT molecular complexity index is 1370. The molecule has 36 heavy (non-hydrogen) atoms. The van der Waals surface area contributed by atoms with Crippen molar-refractivity contribution in [3.05, 3.63) is 98.4 Å². The van der Waals surface area contributed by atoms with E-state index in [-0.39, 0.29) is 23.4 Å². The number of hydrogen-bond acceptors (Lipinski definition) is 8. The molecule has 1 atom stereocenters. The number of benzene rings is 2. The maximum absolute atomic E-state index is 13.5. The van der Waals surface area contributed by atoms with Crippen LogP contribution in [0.5, 0.6) is 0 Å². The summed E-state index contributed by atoms with van der Waals surface area (Å²) in [6.45, 7) is 3.29. The lowest BCUT2D eigenvalue weighted by molar-refractivity contribution is -0.384. The van der Waals surface area contributed by atoms with Crippen LogP contribution in [0.25, 0.3) is 0 Å². The molecule has 1 aliphatic rings. The normalized spacial score (nSPS) is 16.1. The number of methoxy groups -OCH3 is 1. The van der Waals surface area contributed by atoms with Crippen LogP contribution in [0.1, 0.15) is 30.9 Å². The third-order valence-corrected chi connectivity index (χ3v) is 7.62. The number of dihydropyridines is 1. The zero-order chi connectivity index (χ0) is 26.6. The summed E-state index contributed by atoms with van der Waals surface area (Å²) in [5.74, 6) is -3.37. The van der Waals surface area contributed by atoms with Gasteiger partial charge in [-0.05, 0) is 25.0 Å². The van der Waals surface area contributed by atoms with Crippen molar-refractivity contribution in [3.8, 4) is 0 Å². The predicted molar refractivity (Wildman–Crippen MR) is 133 cm³/mol. The van der Waals surface area contributed by atoms with E-state index in [9.17, 15) is 28.1 Å². The van der Waals surface area contributed by atoms with Crippen LogP contribution in [0, 0.1) is 10.1 Å². The van der Waals surface area contributed by atoms with Gasteiger partial charge in [-0.1, -0.05) is 42.5 Å². The molecule has 0 saturated carbocycles. The second-order valence-corrected chi connectivity index (χ2v) is 10.5.